The van der Waals surface area contributed by atoms with Crippen molar-refractivity contribution < 1.29 is 18.7 Å². The largest absolute Gasteiger partial charge is 0.469 e. The van der Waals surface area contributed by atoms with Crippen molar-refractivity contribution in [3.05, 3.63) is 66.0 Å². The molecule has 6 heteroatoms. The molecule has 2 unspecified atom stereocenters. The third-order valence-electron chi connectivity index (χ3n) is 3.60. The summed E-state index contributed by atoms with van der Waals surface area (Å²) in [6.07, 6.45) is 0. The van der Waals surface area contributed by atoms with Crippen LogP contribution >= 0.6 is 0 Å². The molecule has 0 aliphatic carbocycles. The van der Waals surface area contributed by atoms with E-state index in [-0.39, 0.29) is 0 Å². The SMILES string of the molecule is COC(=O)C(C)C(NC(=O)Nc1cccc(F)c1)c1ccccc1. The molecule has 2 amide bonds. The monoisotopic (exact) mass is 330 g/mol. The number of benzene rings is 2. The highest BCUT2D eigenvalue weighted by atomic mass is 19.1. The molecule has 0 saturated carbocycles. The van der Waals surface area contributed by atoms with Crippen molar-refractivity contribution in [3.8, 4) is 0 Å². The minimum atomic E-state index is -0.587. The summed E-state index contributed by atoms with van der Waals surface area (Å²) in [7, 11) is 1.30. The highest BCUT2D eigenvalue weighted by Gasteiger charge is 2.27. The molecule has 0 bridgehead atoms. The molecule has 0 spiro atoms. The summed E-state index contributed by atoms with van der Waals surface area (Å²) in [6.45, 7) is 1.67. The third-order valence-corrected chi connectivity index (χ3v) is 3.60. The molecule has 2 aromatic rings. The standard InChI is InChI=1S/C18H19FN2O3/c1-12(17(22)24-2)16(13-7-4-3-5-8-13)21-18(23)20-15-10-6-9-14(19)11-15/h3-12,16H,1-2H3,(H2,20,21,23). The van der Waals surface area contributed by atoms with E-state index in [2.05, 4.69) is 10.6 Å². The van der Waals surface area contributed by atoms with Gasteiger partial charge in [0, 0.05) is 5.69 Å². The van der Waals surface area contributed by atoms with Gasteiger partial charge in [-0.05, 0) is 30.7 Å². The number of nitrogens with one attached hydrogen (secondary N) is 2. The second-order valence-corrected chi connectivity index (χ2v) is 5.31. The maximum absolute atomic E-state index is 13.2. The van der Waals surface area contributed by atoms with Gasteiger partial charge in [0.1, 0.15) is 5.82 Å². The van der Waals surface area contributed by atoms with E-state index in [1.165, 1.54) is 25.3 Å². The maximum Gasteiger partial charge on any atom is 0.319 e. The summed E-state index contributed by atoms with van der Waals surface area (Å²) in [6, 6.07) is 13.6. The van der Waals surface area contributed by atoms with Crippen LogP contribution < -0.4 is 10.6 Å². The Balaban J connectivity index is 2.15. The van der Waals surface area contributed by atoms with Crippen LogP contribution in [0.1, 0.15) is 18.5 Å². The molecule has 0 heterocycles. The van der Waals surface area contributed by atoms with Crippen LogP contribution in [0.4, 0.5) is 14.9 Å². The van der Waals surface area contributed by atoms with Crippen LogP contribution in [0.25, 0.3) is 0 Å². The molecule has 0 saturated heterocycles. The molecule has 2 rings (SSSR count). The van der Waals surface area contributed by atoms with Gasteiger partial charge in [0.25, 0.3) is 0 Å². The number of ether oxygens (including phenoxy) is 1. The second kappa shape index (κ2) is 8.10. The van der Waals surface area contributed by atoms with Crippen LogP contribution in [0.2, 0.25) is 0 Å². The minimum absolute atomic E-state index is 0.324. The predicted octanol–water partition coefficient (Wildman–Crippen LogP) is 3.50. The van der Waals surface area contributed by atoms with E-state index in [0.717, 1.165) is 5.56 Å². The maximum atomic E-state index is 13.2. The van der Waals surface area contributed by atoms with Crippen molar-refractivity contribution in [2.45, 2.75) is 13.0 Å². The highest BCUT2D eigenvalue weighted by Crippen LogP contribution is 2.23. The van der Waals surface area contributed by atoms with Gasteiger partial charge in [-0.15, -0.1) is 0 Å². The summed E-state index contributed by atoms with van der Waals surface area (Å²) in [5, 5.41) is 5.30. The van der Waals surface area contributed by atoms with Gasteiger partial charge in [-0.2, -0.15) is 0 Å². The smallest absolute Gasteiger partial charge is 0.319 e. The summed E-state index contributed by atoms with van der Waals surface area (Å²) >= 11 is 0. The van der Waals surface area contributed by atoms with Crippen molar-refractivity contribution in [1.82, 2.24) is 5.32 Å². The van der Waals surface area contributed by atoms with Crippen LogP contribution in [0.5, 0.6) is 0 Å². The van der Waals surface area contributed by atoms with Gasteiger partial charge in [-0.1, -0.05) is 36.4 Å². The Kier molecular flexibility index (Phi) is 5.89. The van der Waals surface area contributed by atoms with Gasteiger partial charge in [-0.3, -0.25) is 4.79 Å². The zero-order valence-corrected chi connectivity index (χ0v) is 13.5. The molecule has 0 aliphatic heterocycles. The Hall–Kier alpha value is -2.89. The first kappa shape index (κ1) is 17.5. The number of carbonyl (C=O) groups excluding carboxylic acids is 2. The lowest BCUT2D eigenvalue weighted by Crippen LogP contribution is -2.38. The van der Waals surface area contributed by atoms with E-state index >= 15 is 0 Å². The average Bonchev–Trinajstić information content (AvgIpc) is 2.59. The van der Waals surface area contributed by atoms with Crippen LogP contribution in [0.3, 0.4) is 0 Å². The zero-order chi connectivity index (χ0) is 17.5. The lowest BCUT2D eigenvalue weighted by molar-refractivity contribution is -0.145. The first-order valence-corrected chi connectivity index (χ1v) is 7.47. The van der Waals surface area contributed by atoms with Crippen molar-refractivity contribution in [2.75, 3.05) is 12.4 Å². The Labute approximate surface area is 139 Å². The molecular formula is C18H19FN2O3. The molecule has 5 nitrogen and oxygen atoms in total. The number of halogens is 1. The van der Waals surface area contributed by atoms with Crippen LogP contribution in [0, 0.1) is 11.7 Å². The molecule has 0 fully saturated rings. The number of esters is 1. The number of anilines is 1. The number of hydrogen-bond acceptors (Lipinski definition) is 3. The second-order valence-electron chi connectivity index (χ2n) is 5.31. The predicted molar refractivity (Wildman–Crippen MR) is 88.9 cm³/mol. The Morgan fingerprint density at radius 3 is 2.42 bits per heavy atom. The molecule has 0 aliphatic rings. The molecular weight excluding hydrogens is 311 g/mol. The van der Waals surface area contributed by atoms with Gasteiger partial charge in [0.05, 0.1) is 19.1 Å². The van der Waals surface area contributed by atoms with Gasteiger partial charge in [-0.25, -0.2) is 9.18 Å². The first-order chi connectivity index (χ1) is 11.5. The lowest BCUT2D eigenvalue weighted by atomic mass is 9.94. The Morgan fingerprint density at radius 2 is 1.79 bits per heavy atom. The minimum Gasteiger partial charge on any atom is -0.469 e. The van der Waals surface area contributed by atoms with Crippen molar-refractivity contribution in [1.29, 1.82) is 0 Å². The van der Waals surface area contributed by atoms with E-state index in [4.69, 9.17) is 4.74 Å². The summed E-state index contributed by atoms with van der Waals surface area (Å²) in [4.78, 5) is 24.1. The Bertz CT molecular complexity index is 706. The molecule has 2 atom stereocenters. The van der Waals surface area contributed by atoms with E-state index in [1.54, 1.807) is 13.0 Å². The van der Waals surface area contributed by atoms with Gasteiger partial charge < -0.3 is 15.4 Å². The number of urea groups is 1. The van der Waals surface area contributed by atoms with E-state index < -0.39 is 29.8 Å². The van der Waals surface area contributed by atoms with E-state index in [9.17, 15) is 14.0 Å². The first-order valence-electron chi connectivity index (χ1n) is 7.47. The van der Waals surface area contributed by atoms with Crippen LogP contribution in [-0.2, 0) is 9.53 Å². The highest BCUT2D eigenvalue weighted by molar-refractivity contribution is 5.90. The fourth-order valence-corrected chi connectivity index (χ4v) is 2.35. The summed E-state index contributed by atoms with van der Waals surface area (Å²) in [5.41, 5.74) is 1.09. The quantitative estimate of drug-likeness (QED) is 0.825. The molecule has 126 valence electrons. The average molecular weight is 330 g/mol. The number of rotatable bonds is 5. The van der Waals surface area contributed by atoms with Crippen LogP contribution in [0.15, 0.2) is 54.6 Å². The number of amides is 2. The zero-order valence-electron chi connectivity index (χ0n) is 13.5. The van der Waals surface area contributed by atoms with Crippen molar-refractivity contribution in [3.63, 3.8) is 0 Å². The molecule has 2 aromatic carbocycles. The number of hydrogen-bond donors (Lipinski definition) is 2. The summed E-state index contributed by atoms with van der Waals surface area (Å²) in [5.74, 6) is -1.47. The number of carbonyl (C=O) groups is 2. The van der Waals surface area contributed by atoms with Gasteiger partial charge in [0.2, 0.25) is 0 Å². The molecule has 24 heavy (non-hydrogen) atoms. The van der Waals surface area contributed by atoms with Gasteiger partial charge >= 0.3 is 12.0 Å². The van der Waals surface area contributed by atoms with Crippen molar-refractivity contribution in [2.24, 2.45) is 5.92 Å². The van der Waals surface area contributed by atoms with Crippen molar-refractivity contribution >= 4 is 17.7 Å². The molecule has 2 N–H and O–H groups in total. The van der Waals surface area contributed by atoms with E-state index in [0.29, 0.717) is 5.69 Å². The number of methoxy groups -OCH3 is 1. The molecule has 0 radical (unpaired) electrons. The fraction of sp³-hybridized carbons (Fsp3) is 0.222. The van der Waals surface area contributed by atoms with E-state index in [1.807, 2.05) is 30.3 Å². The lowest BCUT2D eigenvalue weighted by Gasteiger charge is -2.24. The Morgan fingerprint density at radius 1 is 1.08 bits per heavy atom. The topological polar surface area (TPSA) is 67.4 Å². The normalized spacial score (nSPS) is 12.8. The summed E-state index contributed by atoms with van der Waals surface area (Å²) < 4.78 is 18.0. The fourth-order valence-electron chi connectivity index (χ4n) is 2.35. The third kappa shape index (κ3) is 4.55. The molecule has 0 aromatic heterocycles. The van der Waals surface area contributed by atoms with Gasteiger partial charge in [0.15, 0.2) is 0 Å². The van der Waals surface area contributed by atoms with Crippen LogP contribution in [-0.4, -0.2) is 19.1 Å².